The summed E-state index contributed by atoms with van der Waals surface area (Å²) in [6, 6.07) is 12.9. The minimum atomic E-state index is 0.317. The van der Waals surface area contributed by atoms with Gasteiger partial charge in [-0.15, -0.1) is 0 Å². The fraction of sp³-hybridized carbons (Fsp3) is 0.0667. The monoisotopic (exact) mass is 337 g/mol. The second-order valence-corrected chi connectivity index (χ2v) is 5.58. The van der Waals surface area contributed by atoms with Crippen molar-refractivity contribution in [2.24, 2.45) is 0 Å². The summed E-state index contributed by atoms with van der Waals surface area (Å²) in [6.45, 7) is 0.422. The number of hydrogen-bond acceptors (Lipinski definition) is 3. The first kappa shape index (κ1) is 14.4. The lowest BCUT2D eigenvalue weighted by Gasteiger charge is -2.10. The number of nitrogens with one attached hydrogen (secondary N) is 1. The van der Waals surface area contributed by atoms with Crippen LogP contribution in [0.3, 0.4) is 0 Å². The largest absolute Gasteiger partial charge is 0.363 e. The van der Waals surface area contributed by atoms with Gasteiger partial charge in [0.25, 0.3) is 0 Å². The molecule has 0 unspecified atom stereocenters. The zero-order valence-corrected chi connectivity index (χ0v) is 13.0. The summed E-state index contributed by atoms with van der Waals surface area (Å²) in [5.41, 5.74) is 2.32. The van der Waals surface area contributed by atoms with Crippen LogP contribution in [0.1, 0.15) is 5.56 Å². The van der Waals surface area contributed by atoms with E-state index < -0.39 is 0 Å². The van der Waals surface area contributed by atoms with Crippen LogP contribution in [0.4, 0.5) is 5.82 Å². The van der Waals surface area contributed by atoms with Crippen LogP contribution in [-0.4, -0.2) is 9.97 Å². The van der Waals surface area contributed by atoms with Crippen LogP contribution in [0, 0.1) is 0 Å². The molecule has 1 heterocycles. The van der Waals surface area contributed by atoms with Gasteiger partial charge in [0, 0.05) is 22.2 Å². The van der Waals surface area contributed by atoms with E-state index in [1.807, 2.05) is 24.3 Å². The summed E-state index contributed by atoms with van der Waals surface area (Å²) in [4.78, 5) is 8.76. The van der Waals surface area contributed by atoms with Crippen molar-refractivity contribution in [3.8, 4) is 0 Å². The molecule has 1 aromatic heterocycles. The quantitative estimate of drug-likeness (QED) is 0.713. The number of para-hydroxylation sites is 2. The number of halogens is 3. The molecule has 0 fully saturated rings. The minimum absolute atomic E-state index is 0.317. The van der Waals surface area contributed by atoms with E-state index in [2.05, 4.69) is 15.3 Å². The molecule has 0 saturated heterocycles. The third-order valence-electron chi connectivity index (χ3n) is 3.02. The van der Waals surface area contributed by atoms with Crippen LogP contribution >= 0.6 is 34.8 Å². The third kappa shape index (κ3) is 3.05. The highest BCUT2D eigenvalue weighted by Crippen LogP contribution is 2.27. The Hall–Kier alpha value is -1.55. The van der Waals surface area contributed by atoms with Gasteiger partial charge in [-0.1, -0.05) is 53.0 Å². The average Bonchev–Trinajstić information content (AvgIpc) is 2.47. The van der Waals surface area contributed by atoms with E-state index in [1.165, 1.54) is 0 Å². The summed E-state index contributed by atoms with van der Waals surface area (Å²) < 4.78 is 0. The molecule has 1 N–H and O–H groups in total. The van der Waals surface area contributed by atoms with Crippen molar-refractivity contribution >= 4 is 51.7 Å². The Morgan fingerprint density at radius 3 is 2.10 bits per heavy atom. The molecule has 3 nitrogen and oxygen atoms in total. The molecule has 6 heteroatoms. The van der Waals surface area contributed by atoms with Gasteiger partial charge in [-0.25, -0.2) is 9.97 Å². The van der Waals surface area contributed by atoms with Crippen molar-refractivity contribution in [3.63, 3.8) is 0 Å². The predicted molar refractivity (Wildman–Crippen MR) is 88.3 cm³/mol. The Labute approximate surface area is 136 Å². The summed E-state index contributed by atoms with van der Waals surface area (Å²) in [5, 5.41) is 4.64. The Balaban J connectivity index is 1.90. The molecule has 0 saturated carbocycles. The van der Waals surface area contributed by atoms with Crippen LogP contribution in [0.15, 0.2) is 42.5 Å². The van der Waals surface area contributed by atoms with Crippen molar-refractivity contribution in [1.82, 2.24) is 9.97 Å². The smallest absolute Gasteiger partial charge is 0.172 e. The number of rotatable bonds is 3. The molecule has 3 rings (SSSR count). The maximum Gasteiger partial charge on any atom is 0.172 e. The Morgan fingerprint density at radius 1 is 0.810 bits per heavy atom. The molecule has 0 aliphatic carbocycles. The number of fused-ring (bicyclic) bond motifs is 1. The van der Waals surface area contributed by atoms with Gasteiger partial charge in [0.15, 0.2) is 11.0 Å². The number of hydrogen-bond donors (Lipinski definition) is 1. The number of aromatic nitrogens is 2. The van der Waals surface area contributed by atoms with E-state index in [-0.39, 0.29) is 0 Å². The molecule has 0 spiro atoms. The fourth-order valence-corrected chi connectivity index (χ4v) is 2.70. The molecular formula is C15H10Cl3N3. The molecule has 3 aromatic rings. The molecule has 21 heavy (non-hydrogen) atoms. The zero-order valence-electron chi connectivity index (χ0n) is 10.8. The van der Waals surface area contributed by atoms with E-state index in [9.17, 15) is 0 Å². The molecule has 0 aliphatic heterocycles. The SMILES string of the molecule is Clc1cccc(Cl)c1CNc1nc2ccccc2nc1Cl. The van der Waals surface area contributed by atoms with Crippen molar-refractivity contribution in [2.75, 3.05) is 5.32 Å². The van der Waals surface area contributed by atoms with Gasteiger partial charge in [0.2, 0.25) is 0 Å². The number of benzene rings is 2. The van der Waals surface area contributed by atoms with Crippen molar-refractivity contribution in [1.29, 1.82) is 0 Å². The predicted octanol–water partition coefficient (Wildman–Crippen LogP) is 5.20. The summed E-state index contributed by atoms with van der Waals surface area (Å²) in [7, 11) is 0. The lowest BCUT2D eigenvalue weighted by atomic mass is 10.2. The van der Waals surface area contributed by atoms with Crippen LogP contribution in [0.5, 0.6) is 0 Å². The molecule has 0 amide bonds. The summed E-state index contributed by atoms with van der Waals surface area (Å²) in [6.07, 6.45) is 0. The number of anilines is 1. The minimum Gasteiger partial charge on any atom is -0.363 e. The van der Waals surface area contributed by atoms with Crippen molar-refractivity contribution in [3.05, 3.63) is 63.2 Å². The highest BCUT2D eigenvalue weighted by molar-refractivity contribution is 6.36. The summed E-state index contributed by atoms with van der Waals surface area (Å²) >= 11 is 18.4. The molecule has 0 aliphatic rings. The van der Waals surface area contributed by atoms with Gasteiger partial charge in [-0.2, -0.15) is 0 Å². The van der Waals surface area contributed by atoms with Crippen LogP contribution < -0.4 is 5.32 Å². The molecule has 106 valence electrons. The first-order valence-corrected chi connectivity index (χ1v) is 7.37. The Bertz CT molecular complexity index is 785. The van der Waals surface area contributed by atoms with Crippen LogP contribution in [0.25, 0.3) is 11.0 Å². The maximum atomic E-state index is 6.15. The van der Waals surface area contributed by atoms with Crippen molar-refractivity contribution < 1.29 is 0 Å². The Morgan fingerprint density at radius 2 is 1.43 bits per heavy atom. The van der Waals surface area contributed by atoms with Crippen molar-refractivity contribution in [2.45, 2.75) is 6.54 Å². The van der Waals surface area contributed by atoms with E-state index >= 15 is 0 Å². The highest BCUT2D eigenvalue weighted by Gasteiger charge is 2.09. The first-order valence-electron chi connectivity index (χ1n) is 6.24. The molecular weight excluding hydrogens is 329 g/mol. The van der Waals surface area contributed by atoms with Gasteiger partial charge in [-0.3, -0.25) is 0 Å². The van der Waals surface area contributed by atoms with Gasteiger partial charge < -0.3 is 5.32 Å². The standard InChI is InChI=1S/C15H10Cl3N3/c16-10-4-3-5-11(17)9(10)8-19-15-14(18)20-12-6-1-2-7-13(12)21-15/h1-7H,8H2,(H,19,21). The lowest BCUT2D eigenvalue weighted by Crippen LogP contribution is -2.04. The Kier molecular flexibility index (Phi) is 4.15. The van der Waals surface area contributed by atoms with E-state index in [0.717, 1.165) is 16.6 Å². The molecule has 0 atom stereocenters. The molecule has 0 bridgehead atoms. The average molecular weight is 339 g/mol. The topological polar surface area (TPSA) is 37.8 Å². The van der Waals surface area contributed by atoms with Gasteiger partial charge in [0.05, 0.1) is 11.0 Å². The fourth-order valence-electron chi connectivity index (χ4n) is 1.96. The number of nitrogens with zero attached hydrogens (tertiary/aromatic N) is 2. The van der Waals surface area contributed by atoms with Gasteiger partial charge in [0.1, 0.15) is 0 Å². The maximum absolute atomic E-state index is 6.15. The van der Waals surface area contributed by atoms with E-state index in [0.29, 0.717) is 27.6 Å². The third-order valence-corrected chi connectivity index (χ3v) is 3.99. The second kappa shape index (κ2) is 6.06. The first-order chi connectivity index (χ1) is 10.1. The van der Waals surface area contributed by atoms with Gasteiger partial charge >= 0.3 is 0 Å². The zero-order chi connectivity index (χ0) is 14.8. The van der Waals surface area contributed by atoms with E-state index in [4.69, 9.17) is 34.8 Å². The summed E-state index contributed by atoms with van der Waals surface area (Å²) in [5.74, 6) is 0.506. The normalized spacial score (nSPS) is 10.8. The molecule has 0 radical (unpaired) electrons. The highest BCUT2D eigenvalue weighted by atomic mass is 35.5. The second-order valence-electron chi connectivity index (χ2n) is 4.41. The van der Waals surface area contributed by atoms with Gasteiger partial charge in [-0.05, 0) is 24.3 Å². The molecule has 2 aromatic carbocycles. The van der Waals surface area contributed by atoms with Crippen LogP contribution in [-0.2, 0) is 6.54 Å². The van der Waals surface area contributed by atoms with Crippen LogP contribution in [0.2, 0.25) is 15.2 Å². The lowest BCUT2D eigenvalue weighted by molar-refractivity contribution is 1.11. The van der Waals surface area contributed by atoms with E-state index in [1.54, 1.807) is 18.2 Å².